The highest BCUT2D eigenvalue weighted by Gasteiger charge is 2.36. The van der Waals surface area contributed by atoms with E-state index in [4.69, 9.17) is 5.11 Å². The lowest BCUT2D eigenvalue weighted by Gasteiger charge is -2.34. The molecule has 0 aliphatic heterocycles. The number of carbonyl (C=O) groups is 2. The zero-order valence-electron chi connectivity index (χ0n) is 12.7. The van der Waals surface area contributed by atoms with Crippen molar-refractivity contribution in [2.75, 3.05) is 32.7 Å². The zero-order valence-corrected chi connectivity index (χ0v) is 12.7. The molecule has 0 unspecified atom stereocenters. The van der Waals surface area contributed by atoms with Gasteiger partial charge in [-0.3, -0.25) is 0 Å². The summed E-state index contributed by atoms with van der Waals surface area (Å²) in [6, 6.07) is -0.331. The Labute approximate surface area is 115 Å². The first kappa shape index (κ1) is 17.7. The van der Waals surface area contributed by atoms with Crippen molar-refractivity contribution in [3.05, 3.63) is 0 Å². The van der Waals surface area contributed by atoms with E-state index in [1.165, 1.54) is 18.7 Å². The van der Waals surface area contributed by atoms with Gasteiger partial charge in [-0.1, -0.05) is 13.8 Å². The van der Waals surface area contributed by atoms with E-state index in [0.717, 1.165) is 19.6 Å². The second kappa shape index (κ2) is 7.99. The van der Waals surface area contributed by atoms with Crippen molar-refractivity contribution >= 4 is 12.0 Å². The Morgan fingerprint density at radius 3 is 2.00 bits per heavy atom. The molecule has 0 aromatic rings. The number of aliphatic carboxylic acids is 1. The van der Waals surface area contributed by atoms with Crippen LogP contribution in [0.25, 0.3) is 0 Å². The maximum Gasteiger partial charge on any atom is 0.329 e. The first-order valence-corrected chi connectivity index (χ1v) is 6.82. The number of carbonyl (C=O) groups excluding carboxylic acids is 1. The second-order valence-corrected chi connectivity index (χ2v) is 4.87. The third kappa shape index (κ3) is 5.06. The number of carboxylic acid groups (broad SMARTS) is 1. The van der Waals surface area contributed by atoms with E-state index >= 15 is 0 Å². The number of hydrogen-bond donors (Lipinski definition) is 2. The fraction of sp³-hybridized carbons (Fsp3) is 0.846. The van der Waals surface area contributed by atoms with Gasteiger partial charge in [0.25, 0.3) is 0 Å². The van der Waals surface area contributed by atoms with Crippen LogP contribution in [0.3, 0.4) is 0 Å². The molecule has 0 aromatic carbocycles. The predicted molar refractivity (Wildman–Crippen MR) is 75.3 cm³/mol. The van der Waals surface area contributed by atoms with E-state index in [0.29, 0.717) is 13.1 Å². The predicted octanol–water partition coefficient (Wildman–Crippen LogP) is 1.22. The molecule has 0 bridgehead atoms. The molecule has 0 fully saturated rings. The Morgan fingerprint density at radius 2 is 1.63 bits per heavy atom. The maximum atomic E-state index is 12.0. The fourth-order valence-corrected chi connectivity index (χ4v) is 1.86. The SMILES string of the molecule is CCN(CC)CCNC(=O)N(CC)C(C)(C)C(=O)O. The number of hydrogen-bond acceptors (Lipinski definition) is 3. The average Bonchev–Trinajstić information content (AvgIpc) is 2.35. The summed E-state index contributed by atoms with van der Waals surface area (Å²) in [6.07, 6.45) is 0. The minimum Gasteiger partial charge on any atom is -0.480 e. The summed E-state index contributed by atoms with van der Waals surface area (Å²) in [7, 11) is 0. The van der Waals surface area contributed by atoms with Crippen molar-refractivity contribution in [1.82, 2.24) is 15.1 Å². The summed E-state index contributed by atoms with van der Waals surface area (Å²) in [5, 5.41) is 11.9. The largest absolute Gasteiger partial charge is 0.480 e. The van der Waals surface area contributed by atoms with Crippen LogP contribution in [0, 0.1) is 0 Å². The van der Waals surface area contributed by atoms with Gasteiger partial charge in [0.2, 0.25) is 0 Å². The Bertz CT molecular complexity index is 302. The molecule has 0 radical (unpaired) electrons. The molecular formula is C13H27N3O3. The van der Waals surface area contributed by atoms with Crippen molar-refractivity contribution in [3.8, 4) is 0 Å². The highest BCUT2D eigenvalue weighted by Crippen LogP contribution is 2.14. The molecule has 112 valence electrons. The Kier molecular flexibility index (Phi) is 7.44. The van der Waals surface area contributed by atoms with E-state index in [1.54, 1.807) is 6.92 Å². The highest BCUT2D eigenvalue weighted by molar-refractivity contribution is 5.85. The van der Waals surface area contributed by atoms with Crippen LogP contribution in [-0.2, 0) is 4.79 Å². The Morgan fingerprint density at radius 1 is 1.11 bits per heavy atom. The van der Waals surface area contributed by atoms with Crippen molar-refractivity contribution in [2.24, 2.45) is 0 Å². The van der Waals surface area contributed by atoms with Crippen molar-refractivity contribution < 1.29 is 14.7 Å². The zero-order chi connectivity index (χ0) is 15.1. The number of nitrogens with zero attached hydrogens (tertiary/aromatic N) is 2. The maximum absolute atomic E-state index is 12.0. The van der Waals surface area contributed by atoms with Crippen LogP contribution in [0.1, 0.15) is 34.6 Å². The van der Waals surface area contributed by atoms with Gasteiger partial charge in [-0.25, -0.2) is 9.59 Å². The standard InChI is InChI=1S/C13H27N3O3/c1-6-15(7-2)10-9-14-12(19)16(8-3)13(4,5)11(17)18/h6-10H2,1-5H3,(H,14,19)(H,17,18). The van der Waals surface area contributed by atoms with E-state index in [-0.39, 0.29) is 6.03 Å². The van der Waals surface area contributed by atoms with Crippen LogP contribution < -0.4 is 5.32 Å². The van der Waals surface area contributed by atoms with Gasteiger partial charge in [-0.05, 0) is 33.9 Å². The average molecular weight is 273 g/mol. The summed E-state index contributed by atoms with van der Waals surface area (Å²) >= 11 is 0. The van der Waals surface area contributed by atoms with E-state index in [2.05, 4.69) is 24.1 Å². The molecule has 2 N–H and O–H groups in total. The molecule has 0 aromatic heterocycles. The molecule has 6 nitrogen and oxygen atoms in total. The van der Waals surface area contributed by atoms with Gasteiger partial charge >= 0.3 is 12.0 Å². The minimum atomic E-state index is -1.20. The molecule has 0 rings (SSSR count). The number of nitrogens with one attached hydrogen (secondary N) is 1. The number of amides is 2. The molecule has 19 heavy (non-hydrogen) atoms. The molecule has 0 atom stereocenters. The first-order valence-electron chi connectivity index (χ1n) is 6.82. The molecule has 0 saturated heterocycles. The molecule has 0 heterocycles. The smallest absolute Gasteiger partial charge is 0.329 e. The quantitative estimate of drug-likeness (QED) is 0.697. The molecule has 6 heteroatoms. The van der Waals surface area contributed by atoms with Gasteiger partial charge in [-0.2, -0.15) is 0 Å². The van der Waals surface area contributed by atoms with E-state index in [1.807, 2.05) is 0 Å². The van der Waals surface area contributed by atoms with Crippen molar-refractivity contribution in [3.63, 3.8) is 0 Å². The van der Waals surface area contributed by atoms with Crippen LogP contribution in [0.2, 0.25) is 0 Å². The third-order valence-electron chi connectivity index (χ3n) is 3.36. The second-order valence-electron chi connectivity index (χ2n) is 4.87. The van der Waals surface area contributed by atoms with Gasteiger partial charge in [-0.15, -0.1) is 0 Å². The summed E-state index contributed by atoms with van der Waals surface area (Å²) in [5.41, 5.74) is -1.20. The van der Waals surface area contributed by atoms with E-state index < -0.39 is 11.5 Å². The number of carboxylic acids is 1. The third-order valence-corrected chi connectivity index (χ3v) is 3.36. The first-order chi connectivity index (χ1) is 8.81. The van der Waals surface area contributed by atoms with Crippen LogP contribution in [-0.4, -0.2) is 65.2 Å². The molecule has 0 aliphatic carbocycles. The molecule has 2 amide bonds. The minimum absolute atomic E-state index is 0.331. The number of urea groups is 1. The summed E-state index contributed by atoms with van der Waals surface area (Å²) in [4.78, 5) is 26.7. The molecular weight excluding hydrogens is 246 g/mol. The lowest BCUT2D eigenvalue weighted by atomic mass is 10.0. The summed E-state index contributed by atoms with van der Waals surface area (Å²) < 4.78 is 0. The normalized spacial score (nSPS) is 11.5. The number of likely N-dealkylation sites (N-methyl/N-ethyl adjacent to an activating group) is 2. The highest BCUT2D eigenvalue weighted by atomic mass is 16.4. The Balaban J connectivity index is 4.42. The molecule has 0 aliphatic rings. The van der Waals surface area contributed by atoms with Crippen molar-refractivity contribution in [1.29, 1.82) is 0 Å². The van der Waals surface area contributed by atoms with Crippen LogP contribution in [0.15, 0.2) is 0 Å². The number of rotatable bonds is 8. The van der Waals surface area contributed by atoms with Gasteiger partial charge < -0.3 is 20.2 Å². The van der Waals surface area contributed by atoms with Crippen LogP contribution >= 0.6 is 0 Å². The topological polar surface area (TPSA) is 72.9 Å². The lowest BCUT2D eigenvalue weighted by molar-refractivity contribution is -0.147. The lowest BCUT2D eigenvalue weighted by Crippen LogP contribution is -2.56. The molecule has 0 spiro atoms. The molecule has 0 saturated carbocycles. The van der Waals surface area contributed by atoms with Crippen LogP contribution in [0.4, 0.5) is 4.79 Å². The summed E-state index contributed by atoms with van der Waals surface area (Å²) in [5.74, 6) is -1.01. The monoisotopic (exact) mass is 273 g/mol. The van der Waals surface area contributed by atoms with Gasteiger partial charge in [0.1, 0.15) is 5.54 Å². The fourth-order valence-electron chi connectivity index (χ4n) is 1.86. The van der Waals surface area contributed by atoms with Gasteiger partial charge in [0, 0.05) is 19.6 Å². The van der Waals surface area contributed by atoms with Crippen molar-refractivity contribution in [2.45, 2.75) is 40.2 Å². The van der Waals surface area contributed by atoms with E-state index in [9.17, 15) is 9.59 Å². The Hall–Kier alpha value is -1.30. The summed E-state index contributed by atoms with van der Waals surface area (Å²) in [6.45, 7) is 12.5. The van der Waals surface area contributed by atoms with Gasteiger partial charge in [0.05, 0.1) is 0 Å². The van der Waals surface area contributed by atoms with Crippen LogP contribution in [0.5, 0.6) is 0 Å². The van der Waals surface area contributed by atoms with Gasteiger partial charge in [0.15, 0.2) is 0 Å².